The monoisotopic (exact) mass is 660 g/mol. The molecule has 0 atom stereocenters. The van der Waals surface area contributed by atoms with Gasteiger partial charge in [0.25, 0.3) is 5.69 Å². The molecule has 12 nitrogen and oxygen atoms in total. The lowest BCUT2D eigenvalue weighted by atomic mass is 10.0. The van der Waals surface area contributed by atoms with E-state index in [4.69, 9.17) is 15.2 Å². The highest BCUT2D eigenvalue weighted by Gasteiger charge is 2.29. The zero-order valence-corrected chi connectivity index (χ0v) is 28.8. The lowest BCUT2D eigenvalue weighted by Gasteiger charge is -2.34. The number of amides is 2. The maximum Gasteiger partial charge on any atom is 0.410 e. The van der Waals surface area contributed by atoms with Gasteiger partial charge in [0.2, 0.25) is 0 Å². The van der Waals surface area contributed by atoms with E-state index in [1.54, 1.807) is 17.0 Å². The van der Waals surface area contributed by atoms with Crippen LogP contribution in [0.5, 0.6) is 0 Å². The van der Waals surface area contributed by atoms with E-state index in [0.717, 1.165) is 55.4 Å². The first-order chi connectivity index (χ1) is 22.6. The maximum absolute atomic E-state index is 12.2. The molecule has 0 aliphatic carbocycles. The number of benzene rings is 2. The third-order valence-corrected chi connectivity index (χ3v) is 8.68. The van der Waals surface area contributed by atoms with Crippen LogP contribution in [0.2, 0.25) is 0 Å². The number of likely N-dealkylation sites (tertiary alicyclic amines) is 2. The highest BCUT2D eigenvalue weighted by molar-refractivity contribution is 5.84. The molecule has 4 aromatic rings. The molecule has 0 unspecified atom stereocenters. The molecule has 0 radical (unpaired) electrons. The van der Waals surface area contributed by atoms with Gasteiger partial charge in [0, 0.05) is 90.3 Å². The number of nitrogens with two attached hydrogens (primary N) is 1. The van der Waals surface area contributed by atoms with E-state index in [1.807, 2.05) is 70.8 Å². The van der Waals surface area contributed by atoms with Gasteiger partial charge in [-0.05, 0) is 104 Å². The molecular weight excluding hydrogens is 612 g/mol. The number of nitro groups is 1. The van der Waals surface area contributed by atoms with Crippen LogP contribution in [0.3, 0.4) is 0 Å². The van der Waals surface area contributed by atoms with Crippen molar-refractivity contribution in [2.75, 3.05) is 31.9 Å². The quantitative estimate of drug-likeness (QED) is 0.134. The fraction of sp³-hybridized carbons (Fsp3) is 0.500. The molecule has 2 fully saturated rings. The molecule has 2 saturated heterocycles. The van der Waals surface area contributed by atoms with E-state index in [2.05, 4.69) is 27.5 Å². The van der Waals surface area contributed by atoms with E-state index in [9.17, 15) is 19.7 Å². The fourth-order valence-corrected chi connectivity index (χ4v) is 6.39. The average Bonchev–Trinajstić information content (AvgIpc) is 3.63. The van der Waals surface area contributed by atoms with Gasteiger partial charge in [-0.25, -0.2) is 9.59 Å². The fourth-order valence-electron chi connectivity index (χ4n) is 6.39. The molecule has 258 valence electrons. The smallest absolute Gasteiger partial charge is 0.410 e. The molecule has 2 N–H and O–H groups in total. The van der Waals surface area contributed by atoms with Gasteiger partial charge in [-0.1, -0.05) is 0 Å². The molecular formula is C36H48N6O6. The standard InChI is InChI=1S/C18H23N3O4.C18H25N3O2/c1-18(2,3)25-17(22)19-9-7-14(8-10-19)20-11-6-13-12-15(21(23)24)4-5-16(13)20;1-18(2,3)23-17(22)20-9-7-15(8-10-20)21-11-6-13-12-14(19)4-5-16(13)21/h4-6,11-12,14H,7-10H2,1-3H3;4-6,11-12,15H,7-10,19H2,1-3H3. The van der Waals surface area contributed by atoms with Crippen molar-refractivity contribution in [3.63, 3.8) is 0 Å². The van der Waals surface area contributed by atoms with Crippen molar-refractivity contribution in [2.45, 2.75) is 90.5 Å². The second-order valence-electron chi connectivity index (χ2n) is 14.7. The van der Waals surface area contributed by atoms with Crippen molar-refractivity contribution < 1.29 is 24.0 Å². The van der Waals surface area contributed by atoms with Crippen LogP contribution >= 0.6 is 0 Å². The lowest BCUT2D eigenvalue weighted by molar-refractivity contribution is -0.384. The number of nitro benzene ring substituents is 1. The third-order valence-electron chi connectivity index (χ3n) is 8.68. The van der Waals surface area contributed by atoms with Gasteiger partial charge in [0.05, 0.1) is 4.92 Å². The molecule has 0 bridgehead atoms. The van der Waals surface area contributed by atoms with Gasteiger partial charge >= 0.3 is 12.2 Å². The molecule has 48 heavy (non-hydrogen) atoms. The summed E-state index contributed by atoms with van der Waals surface area (Å²) in [5.74, 6) is 0. The van der Waals surface area contributed by atoms with Crippen molar-refractivity contribution in [2.24, 2.45) is 0 Å². The van der Waals surface area contributed by atoms with Crippen molar-refractivity contribution in [3.8, 4) is 0 Å². The summed E-state index contributed by atoms with van der Waals surface area (Å²) in [6, 6.07) is 15.6. The molecule has 0 spiro atoms. The van der Waals surface area contributed by atoms with Gasteiger partial charge in [-0.2, -0.15) is 0 Å². The Morgan fingerprint density at radius 1 is 0.708 bits per heavy atom. The molecule has 2 aromatic carbocycles. The number of aromatic nitrogens is 2. The number of nitrogens with zero attached hydrogens (tertiary/aromatic N) is 5. The Morgan fingerprint density at radius 2 is 1.12 bits per heavy atom. The van der Waals surface area contributed by atoms with Crippen LogP contribution in [0.15, 0.2) is 60.9 Å². The summed E-state index contributed by atoms with van der Waals surface area (Å²) < 4.78 is 15.3. The number of rotatable bonds is 3. The minimum absolute atomic E-state index is 0.102. The molecule has 12 heteroatoms. The highest BCUT2D eigenvalue weighted by atomic mass is 16.6. The van der Waals surface area contributed by atoms with Crippen LogP contribution in [0.1, 0.15) is 79.3 Å². The third kappa shape index (κ3) is 8.39. The summed E-state index contributed by atoms with van der Waals surface area (Å²) in [5.41, 5.74) is 8.00. The minimum Gasteiger partial charge on any atom is -0.444 e. The number of anilines is 1. The summed E-state index contributed by atoms with van der Waals surface area (Å²) in [6.45, 7) is 14.0. The zero-order valence-electron chi connectivity index (χ0n) is 28.8. The van der Waals surface area contributed by atoms with Gasteiger partial charge in [-0.3, -0.25) is 10.1 Å². The molecule has 2 amide bonds. The van der Waals surface area contributed by atoms with E-state index in [1.165, 1.54) is 17.0 Å². The van der Waals surface area contributed by atoms with Crippen molar-refractivity contribution in [3.05, 3.63) is 71.0 Å². The van der Waals surface area contributed by atoms with Gasteiger partial charge in [-0.15, -0.1) is 0 Å². The highest BCUT2D eigenvalue weighted by Crippen LogP contribution is 2.31. The second-order valence-corrected chi connectivity index (χ2v) is 14.7. The number of ether oxygens (including phenoxy) is 2. The zero-order chi connectivity index (χ0) is 34.8. The molecule has 6 rings (SSSR count). The van der Waals surface area contributed by atoms with Crippen molar-refractivity contribution in [1.82, 2.24) is 18.9 Å². The van der Waals surface area contributed by atoms with Crippen molar-refractivity contribution in [1.29, 1.82) is 0 Å². The van der Waals surface area contributed by atoms with Crippen LogP contribution in [-0.4, -0.2) is 73.4 Å². The van der Waals surface area contributed by atoms with E-state index in [0.29, 0.717) is 19.1 Å². The Balaban J connectivity index is 0.000000188. The largest absolute Gasteiger partial charge is 0.444 e. The number of nitrogen functional groups attached to an aromatic ring is 1. The van der Waals surface area contributed by atoms with Crippen LogP contribution < -0.4 is 5.73 Å². The topological polar surface area (TPSA) is 138 Å². The van der Waals surface area contributed by atoms with E-state index < -0.39 is 11.2 Å². The number of hydrogen-bond acceptors (Lipinski definition) is 7. The Hall–Kier alpha value is -4.74. The van der Waals surface area contributed by atoms with Crippen molar-refractivity contribution >= 4 is 45.4 Å². The normalized spacial score (nSPS) is 16.5. The summed E-state index contributed by atoms with van der Waals surface area (Å²) >= 11 is 0. The SMILES string of the molecule is CC(C)(C)OC(=O)N1CCC(n2ccc3cc(N)ccc32)CC1.CC(C)(C)OC(=O)N1CCC(n2ccc3cc([N+](=O)[O-])ccc32)CC1. The molecule has 0 saturated carbocycles. The predicted molar refractivity (Wildman–Crippen MR) is 187 cm³/mol. The van der Waals surface area contributed by atoms with Crippen LogP contribution in [0.4, 0.5) is 21.0 Å². The Kier molecular flexibility index (Phi) is 9.93. The van der Waals surface area contributed by atoms with Crippen LogP contribution in [0, 0.1) is 10.1 Å². The first-order valence-electron chi connectivity index (χ1n) is 16.6. The Labute approximate surface area is 281 Å². The van der Waals surface area contributed by atoms with Gasteiger partial charge in [0.1, 0.15) is 11.2 Å². The summed E-state index contributed by atoms with van der Waals surface area (Å²) in [4.78, 5) is 38.4. The average molecular weight is 661 g/mol. The van der Waals surface area contributed by atoms with Crippen LogP contribution in [-0.2, 0) is 9.47 Å². The van der Waals surface area contributed by atoms with E-state index in [-0.39, 0.29) is 28.8 Å². The lowest BCUT2D eigenvalue weighted by Crippen LogP contribution is -2.42. The first kappa shape index (κ1) is 34.6. The maximum atomic E-state index is 12.2. The Bertz CT molecular complexity index is 1760. The summed E-state index contributed by atoms with van der Waals surface area (Å²) in [5, 5.41) is 12.9. The minimum atomic E-state index is -0.487. The predicted octanol–water partition coefficient (Wildman–Crippen LogP) is 7.92. The number of carbonyl (C=O) groups excluding carboxylic acids is 2. The summed E-state index contributed by atoms with van der Waals surface area (Å²) in [6.07, 6.45) is 7.17. The molecule has 2 aliphatic heterocycles. The Morgan fingerprint density at radius 3 is 1.54 bits per heavy atom. The van der Waals surface area contributed by atoms with Gasteiger partial charge < -0.3 is 34.1 Å². The van der Waals surface area contributed by atoms with Gasteiger partial charge in [0.15, 0.2) is 0 Å². The second kappa shape index (κ2) is 13.8. The number of carbonyl (C=O) groups is 2. The number of non-ortho nitro benzene ring substituents is 1. The summed E-state index contributed by atoms with van der Waals surface area (Å²) in [7, 11) is 0. The number of hydrogen-bond donors (Lipinski definition) is 1. The number of fused-ring (bicyclic) bond motifs is 2. The molecule has 2 aliphatic rings. The number of piperidine rings is 2. The van der Waals surface area contributed by atoms with Crippen LogP contribution in [0.25, 0.3) is 21.8 Å². The molecule has 4 heterocycles. The molecule has 2 aromatic heterocycles. The first-order valence-corrected chi connectivity index (χ1v) is 16.6. The van der Waals surface area contributed by atoms with E-state index >= 15 is 0 Å².